The molecule has 1 aromatic carbocycles. The molecule has 1 heterocycles. The van der Waals surface area contributed by atoms with E-state index in [1.54, 1.807) is 18.2 Å². The Morgan fingerprint density at radius 2 is 1.84 bits per heavy atom. The van der Waals surface area contributed by atoms with Crippen molar-refractivity contribution in [3.05, 3.63) is 114 Å². The van der Waals surface area contributed by atoms with E-state index < -0.39 is 48.3 Å². The molecule has 1 aliphatic heterocycles. The van der Waals surface area contributed by atoms with E-state index in [1.807, 2.05) is 58.1 Å². The van der Waals surface area contributed by atoms with Crippen LogP contribution in [0.1, 0.15) is 102 Å². The van der Waals surface area contributed by atoms with Crippen LogP contribution in [0.5, 0.6) is 5.75 Å². The minimum absolute atomic E-state index is 0.0295. The Morgan fingerprint density at radius 3 is 2.54 bits per heavy atom. The van der Waals surface area contributed by atoms with Gasteiger partial charge in [-0.1, -0.05) is 87.6 Å². The topological polar surface area (TPSA) is 183 Å². The monoisotopic (exact) mass is 776 g/mol. The number of fused-ring (bicyclic) bond motifs is 1. The zero-order chi connectivity index (χ0) is 41.6. The van der Waals surface area contributed by atoms with E-state index in [0.29, 0.717) is 24.8 Å². The van der Waals surface area contributed by atoms with Crippen molar-refractivity contribution in [2.75, 3.05) is 0 Å². The standard InChI is InChI=1S/C44H60N2O10/c1-7-9-11-12-25-40(51)46(44(54)45-26-16-22-35(55-42(52)32(5)33(6)47)28-38(49)30(3)18-10-8-2)27-17-23-36-29-39(50)31(4)19-13-14-20-34-21-15-24-37(48)41(34)43(53)56-36/h8-17,21,24-27,30-31,35-36,38-39,47-50H,7,18-20,22-23,28-29H2,1-6H3,(H,45,54)/b10-8+,11-9-,14-13+,25-12-,26-16+,27-17+,33-32-/t30-,31-,35-,36-,38+,39+/m0/s1. The molecule has 0 aromatic heterocycles. The largest absolute Gasteiger partial charge is 0.512 e. The number of allylic oxidation sites excluding steroid dienone is 8. The first-order valence-corrected chi connectivity index (χ1v) is 19.2. The number of hydrogen-bond donors (Lipinski definition) is 5. The smallest absolute Gasteiger partial charge is 0.342 e. The number of esters is 2. The Kier molecular flexibility index (Phi) is 21.0. The third kappa shape index (κ3) is 16.3. The SMILES string of the molecule is C/C=C/C[C@H](C)[C@H](O)C[C@H](C/C=C/NC(=O)N(/C=C/C[C@H]1C[C@@H](O)[C@@H](C)C/C=C/Cc2cccc(O)c2C(=O)O1)C(=O)/C=C\C=C/CC)OC(=O)/C(C)=C(/C)O. The van der Waals surface area contributed by atoms with Gasteiger partial charge >= 0.3 is 18.0 Å². The molecule has 0 aliphatic carbocycles. The summed E-state index contributed by atoms with van der Waals surface area (Å²) in [5.74, 6) is -2.85. The Labute approximate surface area is 331 Å². The average Bonchev–Trinajstić information content (AvgIpc) is 3.15. The number of benzene rings is 1. The number of carbonyl (C=O) groups is 4. The Morgan fingerprint density at radius 1 is 1.09 bits per heavy atom. The molecule has 6 atom stereocenters. The maximum atomic E-state index is 13.4. The van der Waals surface area contributed by atoms with Crippen molar-refractivity contribution >= 4 is 23.9 Å². The highest BCUT2D eigenvalue weighted by atomic mass is 16.5. The molecule has 0 saturated heterocycles. The number of urea groups is 1. The summed E-state index contributed by atoms with van der Waals surface area (Å²) < 4.78 is 11.4. The summed E-state index contributed by atoms with van der Waals surface area (Å²) in [6.07, 6.45) is 18.8. The fourth-order valence-corrected chi connectivity index (χ4v) is 5.58. The van der Waals surface area contributed by atoms with Crippen molar-refractivity contribution in [3.63, 3.8) is 0 Å². The van der Waals surface area contributed by atoms with Crippen LogP contribution in [0.25, 0.3) is 0 Å². The van der Waals surface area contributed by atoms with E-state index in [-0.39, 0.29) is 60.2 Å². The third-order valence-corrected chi connectivity index (χ3v) is 9.36. The van der Waals surface area contributed by atoms with E-state index in [4.69, 9.17) is 9.47 Å². The van der Waals surface area contributed by atoms with Crippen LogP contribution < -0.4 is 5.32 Å². The Hall–Kier alpha value is -5.20. The third-order valence-electron chi connectivity index (χ3n) is 9.36. The fraction of sp³-hybridized carbons (Fsp3) is 0.455. The summed E-state index contributed by atoms with van der Waals surface area (Å²) >= 11 is 0. The van der Waals surface area contributed by atoms with Gasteiger partial charge < -0.3 is 35.2 Å². The van der Waals surface area contributed by atoms with E-state index in [1.165, 1.54) is 56.6 Å². The minimum atomic E-state index is -0.862. The number of phenols is 1. The van der Waals surface area contributed by atoms with E-state index >= 15 is 0 Å². The molecule has 1 aliphatic rings. The van der Waals surface area contributed by atoms with E-state index in [9.17, 15) is 39.6 Å². The molecule has 12 nitrogen and oxygen atoms in total. The maximum Gasteiger partial charge on any atom is 0.342 e. The number of aliphatic hydroxyl groups excluding tert-OH is 3. The fourth-order valence-electron chi connectivity index (χ4n) is 5.58. The highest BCUT2D eigenvalue weighted by Crippen LogP contribution is 2.27. The zero-order valence-electron chi connectivity index (χ0n) is 33.5. The predicted molar refractivity (Wildman–Crippen MR) is 216 cm³/mol. The average molecular weight is 777 g/mol. The van der Waals surface area contributed by atoms with Crippen LogP contribution in [0, 0.1) is 11.8 Å². The lowest BCUT2D eigenvalue weighted by Crippen LogP contribution is -2.37. The summed E-state index contributed by atoms with van der Waals surface area (Å²) in [5.41, 5.74) is 0.653. The first-order valence-electron chi connectivity index (χ1n) is 19.2. The van der Waals surface area contributed by atoms with Crippen molar-refractivity contribution < 1.29 is 49.1 Å². The number of aromatic hydroxyl groups is 1. The van der Waals surface area contributed by atoms with Gasteiger partial charge in [0.2, 0.25) is 0 Å². The van der Waals surface area contributed by atoms with Crippen LogP contribution in [-0.4, -0.2) is 73.6 Å². The first-order chi connectivity index (χ1) is 26.7. The molecule has 306 valence electrons. The highest BCUT2D eigenvalue weighted by molar-refractivity contribution is 6.01. The quantitative estimate of drug-likeness (QED) is 0.0365. The van der Waals surface area contributed by atoms with Gasteiger partial charge in [-0.2, -0.15) is 0 Å². The lowest BCUT2D eigenvalue weighted by molar-refractivity contribution is -0.146. The molecule has 2 rings (SSSR count). The Bertz CT molecular complexity index is 1670. The molecule has 0 spiro atoms. The predicted octanol–water partition coefficient (Wildman–Crippen LogP) is 7.79. The van der Waals surface area contributed by atoms with Gasteiger partial charge in [0.25, 0.3) is 5.91 Å². The lowest BCUT2D eigenvalue weighted by Gasteiger charge is -2.24. The number of nitrogens with one attached hydrogen (secondary N) is 1. The van der Waals surface area contributed by atoms with Gasteiger partial charge in [-0.3, -0.25) is 4.79 Å². The summed E-state index contributed by atoms with van der Waals surface area (Å²) in [4.78, 5) is 53.5. The van der Waals surface area contributed by atoms with Crippen molar-refractivity contribution in [1.29, 1.82) is 0 Å². The second-order valence-electron chi connectivity index (χ2n) is 14.0. The van der Waals surface area contributed by atoms with E-state index in [2.05, 4.69) is 5.32 Å². The number of amides is 3. The van der Waals surface area contributed by atoms with Gasteiger partial charge in [-0.25, -0.2) is 19.3 Å². The number of imide groups is 1. The number of aliphatic hydroxyl groups is 3. The normalized spacial score (nSPS) is 20.9. The van der Waals surface area contributed by atoms with Gasteiger partial charge in [-0.15, -0.1) is 0 Å². The van der Waals surface area contributed by atoms with Gasteiger partial charge in [0.15, 0.2) is 0 Å². The van der Waals surface area contributed by atoms with Crippen molar-refractivity contribution in [1.82, 2.24) is 10.2 Å². The summed E-state index contributed by atoms with van der Waals surface area (Å²) in [5, 5.41) is 44.6. The molecular formula is C44H60N2O10. The molecular weight excluding hydrogens is 716 g/mol. The molecule has 12 heteroatoms. The molecule has 0 unspecified atom stereocenters. The van der Waals surface area contributed by atoms with Crippen molar-refractivity contribution in [3.8, 4) is 5.75 Å². The van der Waals surface area contributed by atoms with Crippen molar-refractivity contribution in [2.45, 2.75) is 117 Å². The maximum absolute atomic E-state index is 13.4. The summed E-state index contributed by atoms with van der Waals surface area (Å²) in [6, 6.07) is 3.97. The molecule has 0 bridgehead atoms. The van der Waals surface area contributed by atoms with Gasteiger partial charge in [0.05, 0.1) is 23.5 Å². The number of carbonyl (C=O) groups excluding carboxylic acids is 4. The molecule has 0 fully saturated rings. The van der Waals surface area contributed by atoms with Gasteiger partial charge in [0.1, 0.15) is 23.5 Å². The zero-order valence-corrected chi connectivity index (χ0v) is 33.5. The van der Waals surface area contributed by atoms with Crippen LogP contribution in [0.15, 0.2) is 103 Å². The first kappa shape index (κ1) is 47.0. The van der Waals surface area contributed by atoms with Crippen LogP contribution in [-0.2, 0) is 25.5 Å². The van der Waals surface area contributed by atoms with Crippen LogP contribution in [0.3, 0.4) is 0 Å². The number of phenolic OH excluding ortho intramolecular Hbond substituents is 1. The summed E-state index contributed by atoms with van der Waals surface area (Å²) in [6.45, 7) is 10.4. The number of ether oxygens (including phenoxy) is 2. The minimum Gasteiger partial charge on any atom is -0.512 e. The molecule has 56 heavy (non-hydrogen) atoms. The van der Waals surface area contributed by atoms with Crippen LogP contribution >= 0.6 is 0 Å². The lowest BCUT2D eigenvalue weighted by atomic mass is 9.93. The van der Waals surface area contributed by atoms with E-state index in [0.717, 1.165) is 11.3 Å². The number of rotatable bonds is 16. The highest BCUT2D eigenvalue weighted by Gasteiger charge is 2.27. The molecule has 5 N–H and O–H groups in total. The molecule has 0 saturated carbocycles. The molecule has 3 amide bonds. The second kappa shape index (κ2) is 25.1. The summed E-state index contributed by atoms with van der Waals surface area (Å²) in [7, 11) is 0. The van der Waals surface area contributed by atoms with Gasteiger partial charge in [-0.05, 0) is 69.9 Å². The van der Waals surface area contributed by atoms with Crippen LogP contribution in [0.2, 0.25) is 0 Å². The van der Waals surface area contributed by atoms with Crippen molar-refractivity contribution in [2.24, 2.45) is 11.8 Å². The number of cyclic esters (lactones) is 1. The number of nitrogens with zero attached hydrogens (tertiary/aromatic N) is 1. The van der Waals surface area contributed by atoms with Crippen LogP contribution in [0.4, 0.5) is 4.79 Å². The Balaban J connectivity index is 2.31. The molecule has 0 radical (unpaired) electrons. The second-order valence-corrected chi connectivity index (χ2v) is 14.0. The van der Waals surface area contributed by atoms with Gasteiger partial charge in [0, 0.05) is 44.2 Å². The number of hydrogen-bond acceptors (Lipinski definition) is 10. The molecule has 1 aromatic rings.